The highest BCUT2D eigenvalue weighted by Gasteiger charge is 2.16. The van der Waals surface area contributed by atoms with Crippen molar-refractivity contribution in [1.82, 2.24) is 0 Å². The molecule has 0 unspecified atom stereocenters. The summed E-state index contributed by atoms with van der Waals surface area (Å²) in [6.45, 7) is 0. The molecule has 0 aliphatic rings. The Morgan fingerprint density at radius 1 is 1.24 bits per heavy atom. The van der Waals surface area contributed by atoms with Gasteiger partial charge < -0.3 is 15.2 Å². The summed E-state index contributed by atoms with van der Waals surface area (Å²) in [5.74, 6) is -1.21. The van der Waals surface area contributed by atoms with Crippen LogP contribution in [-0.2, 0) is 0 Å². The minimum atomic E-state index is -0.634. The fourth-order valence-electron chi connectivity index (χ4n) is 1.66. The molecule has 21 heavy (non-hydrogen) atoms. The van der Waals surface area contributed by atoms with Crippen LogP contribution < -0.4 is 10.1 Å². The first kappa shape index (κ1) is 15.4. The van der Waals surface area contributed by atoms with Crippen LogP contribution in [0.3, 0.4) is 0 Å². The average molecular weight is 330 g/mol. The van der Waals surface area contributed by atoms with Crippen molar-refractivity contribution >= 4 is 34.8 Å². The van der Waals surface area contributed by atoms with Gasteiger partial charge in [-0.25, -0.2) is 4.39 Å². The number of rotatable bonds is 3. The highest BCUT2D eigenvalue weighted by atomic mass is 35.5. The van der Waals surface area contributed by atoms with E-state index in [1.807, 2.05) is 0 Å². The van der Waals surface area contributed by atoms with Crippen molar-refractivity contribution < 1.29 is 19.0 Å². The van der Waals surface area contributed by atoms with Crippen LogP contribution in [0, 0.1) is 5.82 Å². The van der Waals surface area contributed by atoms with Crippen molar-refractivity contribution in [1.29, 1.82) is 0 Å². The Kier molecular flexibility index (Phi) is 4.55. The molecule has 110 valence electrons. The first-order valence-corrected chi connectivity index (χ1v) is 6.51. The standard InChI is InChI=1S/C14H10Cl2FNO3/c1-21-13-6-12(19)8(5-10(13)16)14(20)18-11-3-2-7(17)4-9(11)15/h2-6,19H,1H3,(H,18,20). The molecule has 0 aliphatic heterocycles. The highest BCUT2D eigenvalue weighted by molar-refractivity contribution is 6.34. The lowest BCUT2D eigenvalue weighted by atomic mass is 10.1. The van der Waals surface area contributed by atoms with Crippen molar-refractivity contribution in [3.8, 4) is 11.5 Å². The van der Waals surface area contributed by atoms with Crippen LogP contribution in [0.25, 0.3) is 0 Å². The number of hydrogen-bond donors (Lipinski definition) is 2. The van der Waals surface area contributed by atoms with Crippen LogP contribution in [0.2, 0.25) is 10.0 Å². The second-order valence-electron chi connectivity index (χ2n) is 4.08. The molecule has 2 rings (SSSR count). The summed E-state index contributed by atoms with van der Waals surface area (Å²) >= 11 is 11.7. The van der Waals surface area contributed by atoms with Gasteiger partial charge in [0.15, 0.2) is 0 Å². The number of carbonyl (C=O) groups is 1. The Hall–Kier alpha value is -1.98. The molecular weight excluding hydrogens is 320 g/mol. The van der Waals surface area contributed by atoms with Crippen LogP contribution in [0.1, 0.15) is 10.4 Å². The second-order valence-corrected chi connectivity index (χ2v) is 4.90. The normalized spacial score (nSPS) is 10.3. The van der Waals surface area contributed by atoms with Crippen molar-refractivity contribution in [2.45, 2.75) is 0 Å². The number of hydrogen-bond acceptors (Lipinski definition) is 3. The van der Waals surface area contributed by atoms with Crippen molar-refractivity contribution in [3.63, 3.8) is 0 Å². The zero-order valence-electron chi connectivity index (χ0n) is 10.8. The zero-order chi connectivity index (χ0) is 15.6. The zero-order valence-corrected chi connectivity index (χ0v) is 12.3. The molecule has 1 amide bonds. The number of phenolic OH excluding ortho intramolecular Hbond substituents is 1. The molecule has 0 radical (unpaired) electrons. The molecule has 0 saturated carbocycles. The van der Waals surface area contributed by atoms with Crippen molar-refractivity contribution in [3.05, 3.63) is 51.8 Å². The van der Waals surface area contributed by atoms with Gasteiger partial charge >= 0.3 is 0 Å². The molecule has 0 saturated heterocycles. The third-order valence-corrected chi connectivity index (χ3v) is 3.30. The molecule has 2 aromatic rings. The smallest absolute Gasteiger partial charge is 0.259 e. The maximum absolute atomic E-state index is 12.9. The predicted molar refractivity (Wildman–Crippen MR) is 79.0 cm³/mol. The molecular formula is C14H10Cl2FNO3. The Balaban J connectivity index is 2.30. The topological polar surface area (TPSA) is 58.6 Å². The van der Waals surface area contributed by atoms with E-state index in [1.54, 1.807) is 0 Å². The number of amides is 1. The molecule has 2 N–H and O–H groups in total. The molecule has 4 nitrogen and oxygen atoms in total. The predicted octanol–water partition coefficient (Wildman–Crippen LogP) is 4.10. The summed E-state index contributed by atoms with van der Waals surface area (Å²) in [4.78, 5) is 12.1. The maximum Gasteiger partial charge on any atom is 0.259 e. The van der Waals surface area contributed by atoms with E-state index in [-0.39, 0.29) is 32.8 Å². The van der Waals surface area contributed by atoms with Crippen molar-refractivity contribution in [2.24, 2.45) is 0 Å². The number of ether oxygens (including phenoxy) is 1. The largest absolute Gasteiger partial charge is 0.507 e. The van der Waals surface area contributed by atoms with Crippen LogP contribution in [0.15, 0.2) is 30.3 Å². The number of benzene rings is 2. The minimum absolute atomic E-state index is 0.0439. The molecule has 7 heteroatoms. The van der Waals surface area contributed by atoms with Gasteiger partial charge in [0.1, 0.15) is 17.3 Å². The summed E-state index contributed by atoms with van der Waals surface area (Å²) in [6, 6.07) is 6.03. The van der Waals surface area contributed by atoms with E-state index in [0.29, 0.717) is 0 Å². The van der Waals surface area contributed by atoms with E-state index in [9.17, 15) is 14.3 Å². The molecule has 0 aromatic heterocycles. The third-order valence-electron chi connectivity index (χ3n) is 2.69. The molecule has 0 atom stereocenters. The molecule has 0 fully saturated rings. The number of phenols is 1. The summed E-state index contributed by atoms with van der Waals surface area (Å²) in [5, 5.41) is 12.5. The maximum atomic E-state index is 12.9. The van der Waals surface area contributed by atoms with E-state index < -0.39 is 11.7 Å². The van der Waals surface area contributed by atoms with Gasteiger partial charge in [0, 0.05) is 6.07 Å². The third kappa shape index (κ3) is 3.37. The van der Waals surface area contributed by atoms with Gasteiger partial charge in [-0.15, -0.1) is 0 Å². The number of methoxy groups -OCH3 is 1. The molecule has 0 heterocycles. The lowest BCUT2D eigenvalue weighted by Crippen LogP contribution is -2.12. The fraction of sp³-hybridized carbons (Fsp3) is 0.0714. The Labute approximate surface area is 130 Å². The minimum Gasteiger partial charge on any atom is -0.507 e. The van der Waals surface area contributed by atoms with E-state index in [2.05, 4.69) is 5.32 Å². The van der Waals surface area contributed by atoms with Crippen LogP contribution in [-0.4, -0.2) is 18.1 Å². The quantitative estimate of drug-likeness (QED) is 0.891. The van der Waals surface area contributed by atoms with Crippen LogP contribution >= 0.6 is 23.2 Å². The number of anilines is 1. The average Bonchev–Trinajstić information content (AvgIpc) is 2.43. The Morgan fingerprint density at radius 3 is 2.57 bits per heavy atom. The van der Waals surface area contributed by atoms with E-state index in [0.717, 1.165) is 12.1 Å². The number of nitrogens with one attached hydrogen (secondary N) is 1. The summed E-state index contributed by atoms with van der Waals surface area (Å²) in [7, 11) is 1.39. The number of carbonyl (C=O) groups excluding carboxylic acids is 1. The molecule has 0 aliphatic carbocycles. The van der Waals surface area contributed by atoms with Gasteiger partial charge in [-0.3, -0.25) is 4.79 Å². The SMILES string of the molecule is COc1cc(O)c(C(=O)Nc2ccc(F)cc2Cl)cc1Cl. The Morgan fingerprint density at radius 2 is 1.95 bits per heavy atom. The van der Waals surface area contributed by atoms with Crippen LogP contribution in [0.4, 0.5) is 10.1 Å². The molecule has 0 bridgehead atoms. The summed E-state index contributed by atoms with van der Waals surface area (Å²) in [5.41, 5.74) is 0.163. The molecule has 0 spiro atoms. The number of halogens is 3. The Bertz CT molecular complexity index is 707. The molecule has 2 aromatic carbocycles. The van der Waals surface area contributed by atoms with Gasteiger partial charge in [0.2, 0.25) is 0 Å². The van der Waals surface area contributed by atoms with Gasteiger partial charge in [-0.2, -0.15) is 0 Å². The lowest BCUT2D eigenvalue weighted by Gasteiger charge is -2.10. The summed E-state index contributed by atoms with van der Waals surface area (Å²) in [6.07, 6.45) is 0. The van der Waals surface area contributed by atoms with E-state index >= 15 is 0 Å². The monoisotopic (exact) mass is 329 g/mol. The van der Waals surface area contributed by atoms with Gasteiger partial charge in [-0.05, 0) is 24.3 Å². The second kappa shape index (κ2) is 6.20. The highest BCUT2D eigenvalue weighted by Crippen LogP contribution is 2.32. The van der Waals surface area contributed by atoms with Crippen LogP contribution in [0.5, 0.6) is 11.5 Å². The number of aromatic hydroxyl groups is 1. The first-order chi connectivity index (χ1) is 9.92. The summed E-state index contributed by atoms with van der Waals surface area (Å²) < 4.78 is 17.9. The van der Waals surface area contributed by atoms with Gasteiger partial charge in [-0.1, -0.05) is 23.2 Å². The van der Waals surface area contributed by atoms with E-state index in [1.165, 1.54) is 25.3 Å². The van der Waals surface area contributed by atoms with E-state index in [4.69, 9.17) is 27.9 Å². The fourth-order valence-corrected chi connectivity index (χ4v) is 2.12. The van der Waals surface area contributed by atoms with Crippen molar-refractivity contribution in [2.75, 3.05) is 12.4 Å². The first-order valence-electron chi connectivity index (χ1n) is 5.75. The van der Waals surface area contributed by atoms with Gasteiger partial charge in [0.05, 0.1) is 28.4 Å². The van der Waals surface area contributed by atoms with Gasteiger partial charge in [0.25, 0.3) is 5.91 Å². The lowest BCUT2D eigenvalue weighted by molar-refractivity contribution is 0.102.